The third-order valence-electron chi connectivity index (χ3n) is 9.45. The summed E-state index contributed by atoms with van der Waals surface area (Å²) in [4.78, 5) is 35.0. The number of phosphoric ester groups is 1. The normalized spacial score (nSPS) is 23.8. The minimum atomic E-state index is -5.09. The predicted octanol–water partition coefficient (Wildman–Crippen LogP) is 6.16. The maximum atomic E-state index is 12.6. The van der Waals surface area contributed by atoms with Gasteiger partial charge in [0, 0.05) is 12.8 Å². The van der Waals surface area contributed by atoms with Crippen LogP contribution in [-0.2, 0) is 32.7 Å². The van der Waals surface area contributed by atoms with Gasteiger partial charge in [-0.15, -0.1) is 0 Å². The molecule has 1 rings (SSSR count). The SMILES string of the molecule is CCCCCCCCCCCCCCCCCCCCCC(=O)OC(COC(=O)CCCCC)COP(=O)(O)OC1C(O)C(O)C(O)C(O)C1O. The average Bonchev–Trinajstić information content (AvgIpc) is 3.10. The summed E-state index contributed by atoms with van der Waals surface area (Å²) in [5, 5.41) is 49.7. The Morgan fingerprint density at radius 1 is 0.529 bits per heavy atom. The van der Waals surface area contributed by atoms with Crippen LogP contribution in [-0.4, -0.2) is 98.3 Å². The Labute approximate surface area is 306 Å². The van der Waals surface area contributed by atoms with Gasteiger partial charge in [0.25, 0.3) is 0 Å². The number of carbonyl (C=O) groups excluding carboxylic acids is 2. The molecule has 0 aromatic carbocycles. The predicted molar refractivity (Wildman–Crippen MR) is 194 cm³/mol. The molecule has 6 unspecified atom stereocenters. The lowest BCUT2D eigenvalue weighted by Crippen LogP contribution is -2.64. The smallest absolute Gasteiger partial charge is 0.462 e. The van der Waals surface area contributed by atoms with Crippen molar-refractivity contribution in [1.29, 1.82) is 0 Å². The lowest BCUT2D eigenvalue weighted by atomic mass is 9.85. The van der Waals surface area contributed by atoms with Crippen molar-refractivity contribution in [3.8, 4) is 0 Å². The lowest BCUT2D eigenvalue weighted by Gasteiger charge is -2.41. The van der Waals surface area contributed by atoms with Crippen LogP contribution >= 0.6 is 7.82 Å². The topological polar surface area (TPSA) is 210 Å². The van der Waals surface area contributed by atoms with Crippen molar-refractivity contribution >= 4 is 19.8 Å². The Morgan fingerprint density at radius 2 is 0.882 bits per heavy atom. The molecular formula is C37H71O13P. The van der Waals surface area contributed by atoms with Gasteiger partial charge in [-0.25, -0.2) is 4.57 Å². The summed E-state index contributed by atoms with van der Waals surface area (Å²) in [6.45, 7) is 3.08. The summed E-state index contributed by atoms with van der Waals surface area (Å²) >= 11 is 0. The molecule has 1 saturated carbocycles. The Bertz CT molecular complexity index is 922. The van der Waals surface area contributed by atoms with Gasteiger partial charge in [-0.05, 0) is 12.8 Å². The molecule has 1 aliphatic rings. The van der Waals surface area contributed by atoms with Gasteiger partial charge in [-0.1, -0.05) is 142 Å². The number of aliphatic hydroxyl groups is 5. The monoisotopic (exact) mass is 754 g/mol. The standard InChI is InChI=1S/C37H71O13P/c1-3-5-7-8-9-10-11-12-13-14-15-16-17-18-19-20-21-22-24-26-31(39)49-29(27-47-30(38)25-23-6-4-2)28-48-51(45,46)50-37-35(43)33(41)32(40)34(42)36(37)44/h29,32-37,40-44H,3-28H2,1-2H3,(H,45,46). The molecule has 0 amide bonds. The number of hydrogen-bond acceptors (Lipinski definition) is 12. The molecule has 1 fully saturated rings. The van der Waals surface area contributed by atoms with Crippen molar-refractivity contribution in [2.75, 3.05) is 13.2 Å². The number of ether oxygens (including phenoxy) is 2. The second kappa shape index (κ2) is 29.2. The molecule has 14 heteroatoms. The molecule has 0 saturated heterocycles. The lowest BCUT2D eigenvalue weighted by molar-refractivity contribution is -0.220. The number of esters is 2. The van der Waals surface area contributed by atoms with Crippen LogP contribution in [0.4, 0.5) is 0 Å². The third kappa shape index (κ3) is 22.6. The average molecular weight is 755 g/mol. The first-order chi connectivity index (χ1) is 24.4. The Morgan fingerprint density at radius 3 is 1.33 bits per heavy atom. The van der Waals surface area contributed by atoms with Crippen LogP contribution in [0.3, 0.4) is 0 Å². The Kier molecular flexibility index (Phi) is 27.4. The van der Waals surface area contributed by atoms with Gasteiger partial charge >= 0.3 is 19.8 Å². The van der Waals surface area contributed by atoms with Crippen LogP contribution in [0, 0.1) is 0 Å². The van der Waals surface area contributed by atoms with Crippen LogP contribution in [0.15, 0.2) is 0 Å². The van der Waals surface area contributed by atoms with E-state index in [4.69, 9.17) is 18.5 Å². The molecule has 0 aromatic rings. The molecule has 0 aliphatic heterocycles. The van der Waals surface area contributed by atoms with E-state index in [1.807, 2.05) is 6.92 Å². The van der Waals surface area contributed by atoms with Crippen molar-refractivity contribution in [2.24, 2.45) is 0 Å². The molecule has 51 heavy (non-hydrogen) atoms. The number of aliphatic hydroxyl groups excluding tert-OH is 5. The highest BCUT2D eigenvalue weighted by Gasteiger charge is 2.51. The fourth-order valence-corrected chi connectivity index (χ4v) is 7.14. The largest absolute Gasteiger partial charge is 0.472 e. The van der Waals surface area contributed by atoms with Crippen molar-refractivity contribution < 1.29 is 63.1 Å². The van der Waals surface area contributed by atoms with Gasteiger partial charge in [-0.3, -0.25) is 18.6 Å². The molecule has 6 atom stereocenters. The number of unbranched alkanes of at least 4 members (excludes halogenated alkanes) is 20. The van der Waals surface area contributed by atoms with Gasteiger partial charge in [0.1, 0.15) is 43.2 Å². The summed E-state index contributed by atoms with van der Waals surface area (Å²) in [6.07, 6.45) is 12.9. The minimum absolute atomic E-state index is 0.103. The molecule has 1 aliphatic carbocycles. The second-order valence-electron chi connectivity index (χ2n) is 14.2. The van der Waals surface area contributed by atoms with Crippen LogP contribution < -0.4 is 0 Å². The summed E-state index contributed by atoms with van der Waals surface area (Å²) in [6, 6.07) is 0. The van der Waals surface area contributed by atoms with Gasteiger partial charge in [0.2, 0.25) is 0 Å². The van der Waals surface area contributed by atoms with E-state index in [1.165, 1.54) is 96.3 Å². The van der Waals surface area contributed by atoms with Gasteiger partial charge in [0.05, 0.1) is 6.61 Å². The van der Waals surface area contributed by atoms with E-state index in [2.05, 4.69) is 6.92 Å². The van der Waals surface area contributed by atoms with E-state index in [0.29, 0.717) is 12.8 Å². The molecule has 0 heterocycles. The van der Waals surface area contributed by atoms with Gasteiger partial charge in [0.15, 0.2) is 6.10 Å². The van der Waals surface area contributed by atoms with Crippen molar-refractivity contribution in [2.45, 2.75) is 211 Å². The molecule has 302 valence electrons. The van der Waals surface area contributed by atoms with E-state index >= 15 is 0 Å². The molecular weight excluding hydrogens is 683 g/mol. The number of rotatable bonds is 32. The second-order valence-corrected chi connectivity index (χ2v) is 15.6. The summed E-state index contributed by atoms with van der Waals surface area (Å²) in [5.41, 5.74) is 0. The zero-order chi connectivity index (χ0) is 37.9. The maximum Gasteiger partial charge on any atom is 0.472 e. The van der Waals surface area contributed by atoms with E-state index in [-0.39, 0.29) is 12.8 Å². The maximum absolute atomic E-state index is 12.6. The quantitative estimate of drug-likeness (QED) is 0.0258. The van der Waals surface area contributed by atoms with Crippen molar-refractivity contribution in [3.63, 3.8) is 0 Å². The summed E-state index contributed by atoms with van der Waals surface area (Å²) < 4.78 is 33.0. The molecule has 0 aromatic heterocycles. The third-order valence-corrected chi connectivity index (χ3v) is 10.4. The van der Waals surface area contributed by atoms with Crippen LogP contribution in [0.5, 0.6) is 0 Å². The van der Waals surface area contributed by atoms with Gasteiger partial charge in [-0.2, -0.15) is 0 Å². The highest BCUT2D eigenvalue weighted by atomic mass is 31.2. The molecule has 0 spiro atoms. The molecule has 13 nitrogen and oxygen atoms in total. The Balaban J connectivity index is 2.33. The number of hydrogen-bond donors (Lipinski definition) is 6. The van der Waals surface area contributed by atoms with Crippen LogP contribution in [0.25, 0.3) is 0 Å². The molecule has 0 radical (unpaired) electrons. The fraction of sp³-hybridized carbons (Fsp3) is 0.946. The first kappa shape index (κ1) is 47.9. The minimum Gasteiger partial charge on any atom is -0.462 e. The molecule has 0 bridgehead atoms. The van der Waals surface area contributed by atoms with Crippen LogP contribution in [0.1, 0.15) is 168 Å². The summed E-state index contributed by atoms with van der Waals surface area (Å²) in [5.74, 6) is -1.12. The van der Waals surface area contributed by atoms with E-state index in [1.54, 1.807) is 0 Å². The first-order valence-electron chi connectivity index (χ1n) is 19.8. The van der Waals surface area contributed by atoms with E-state index in [9.17, 15) is 44.6 Å². The van der Waals surface area contributed by atoms with E-state index in [0.717, 1.165) is 32.1 Å². The Hall–Kier alpha value is -1.15. The summed E-state index contributed by atoms with van der Waals surface area (Å²) in [7, 11) is -5.09. The number of phosphoric acid groups is 1. The zero-order valence-corrected chi connectivity index (χ0v) is 32.3. The highest BCUT2D eigenvalue weighted by molar-refractivity contribution is 7.47. The van der Waals surface area contributed by atoms with Gasteiger partial charge < -0.3 is 39.9 Å². The zero-order valence-electron chi connectivity index (χ0n) is 31.4. The van der Waals surface area contributed by atoms with Crippen molar-refractivity contribution in [3.05, 3.63) is 0 Å². The molecule has 6 N–H and O–H groups in total. The van der Waals surface area contributed by atoms with Crippen LogP contribution in [0.2, 0.25) is 0 Å². The fourth-order valence-electron chi connectivity index (χ4n) is 6.17. The van der Waals surface area contributed by atoms with E-state index < -0.39 is 75.7 Å². The highest BCUT2D eigenvalue weighted by Crippen LogP contribution is 2.47. The first-order valence-corrected chi connectivity index (χ1v) is 21.3. The number of carbonyl (C=O) groups is 2. The van der Waals surface area contributed by atoms with Crippen molar-refractivity contribution in [1.82, 2.24) is 0 Å².